The van der Waals surface area contributed by atoms with Crippen LogP contribution in [0, 0.1) is 0 Å². The van der Waals surface area contributed by atoms with Crippen LogP contribution in [0.3, 0.4) is 0 Å². The fourth-order valence-electron chi connectivity index (χ4n) is 2.58. The third-order valence-corrected chi connectivity index (χ3v) is 4.96. The van der Waals surface area contributed by atoms with Crippen LogP contribution in [0.1, 0.15) is 23.5 Å². The van der Waals surface area contributed by atoms with Crippen LogP contribution in [-0.4, -0.2) is 26.2 Å². The van der Waals surface area contributed by atoms with Crippen LogP contribution in [0.4, 0.5) is 17.6 Å². The summed E-state index contributed by atoms with van der Waals surface area (Å²) in [7, 11) is 0. The standard InChI is InChI=1S/C15H10F4N4O3S/c16-14(13-22-10(6-27-13)15(17,18)19)2-7(3-14)25-12-5-20-8(4-21-12)9-1-11(24)23-26-9/h1,4-7H,2-3H2,(H,23,24)/p-1. The van der Waals surface area contributed by atoms with Gasteiger partial charge in [-0.05, 0) is 0 Å². The van der Waals surface area contributed by atoms with Crippen molar-refractivity contribution in [1.29, 1.82) is 0 Å². The van der Waals surface area contributed by atoms with Crippen molar-refractivity contribution < 1.29 is 31.9 Å². The second-order valence-corrected chi connectivity index (χ2v) is 6.78. The molecule has 0 spiro atoms. The number of aromatic nitrogens is 4. The van der Waals surface area contributed by atoms with E-state index in [1.807, 2.05) is 0 Å². The molecule has 0 aromatic carbocycles. The molecular formula is C15H9F4N4O3S-. The van der Waals surface area contributed by atoms with Crippen molar-refractivity contribution in [2.75, 3.05) is 0 Å². The molecule has 0 aliphatic heterocycles. The molecule has 3 aromatic rings. The number of halogens is 4. The van der Waals surface area contributed by atoms with Gasteiger partial charge in [0, 0.05) is 30.2 Å². The maximum Gasteiger partial charge on any atom is 0.434 e. The maximum absolute atomic E-state index is 14.7. The van der Waals surface area contributed by atoms with Crippen molar-refractivity contribution in [3.63, 3.8) is 0 Å². The highest BCUT2D eigenvalue weighted by molar-refractivity contribution is 7.09. The van der Waals surface area contributed by atoms with Crippen LogP contribution in [0.15, 0.2) is 28.4 Å². The van der Waals surface area contributed by atoms with Gasteiger partial charge in [0.2, 0.25) is 5.88 Å². The van der Waals surface area contributed by atoms with E-state index in [1.165, 1.54) is 12.4 Å². The number of rotatable bonds is 4. The fraction of sp³-hybridized carbons (Fsp3) is 0.333. The van der Waals surface area contributed by atoms with Gasteiger partial charge >= 0.3 is 6.18 Å². The van der Waals surface area contributed by atoms with E-state index in [4.69, 9.17) is 9.26 Å². The molecule has 4 rings (SSSR count). The zero-order valence-corrected chi connectivity index (χ0v) is 14.1. The zero-order chi connectivity index (χ0) is 19.2. The zero-order valence-electron chi connectivity index (χ0n) is 13.2. The lowest BCUT2D eigenvalue weighted by Gasteiger charge is -2.39. The first-order valence-electron chi connectivity index (χ1n) is 7.58. The summed E-state index contributed by atoms with van der Waals surface area (Å²) in [6, 6.07) is 1.15. The normalized spacial score (nSPS) is 22.4. The fourth-order valence-corrected chi connectivity index (χ4v) is 3.52. The first-order chi connectivity index (χ1) is 12.7. The Balaban J connectivity index is 1.38. The minimum absolute atomic E-state index is 0.114. The largest absolute Gasteiger partial charge is 0.856 e. The Morgan fingerprint density at radius 1 is 1.26 bits per heavy atom. The molecule has 3 aromatic heterocycles. The highest BCUT2D eigenvalue weighted by atomic mass is 32.1. The SMILES string of the molecule is [O-]c1cc(-c2cnc(OC3CC(F)(c4nc(C(F)(F)F)cs4)C3)cn2)on1. The second kappa shape index (κ2) is 6.15. The van der Waals surface area contributed by atoms with Gasteiger partial charge in [0.25, 0.3) is 0 Å². The number of nitrogens with zero attached hydrogens (tertiary/aromatic N) is 4. The van der Waals surface area contributed by atoms with Gasteiger partial charge in [0.05, 0.1) is 12.4 Å². The minimum Gasteiger partial charge on any atom is -0.856 e. The summed E-state index contributed by atoms with van der Waals surface area (Å²) in [5.41, 5.74) is -2.77. The van der Waals surface area contributed by atoms with E-state index in [-0.39, 0.29) is 35.2 Å². The van der Waals surface area contributed by atoms with E-state index in [1.54, 1.807) is 0 Å². The Morgan fingerprint density at radius 2 is 2.04 bits per heavy atom. The molecule has 12 heteroatoms. The lowest BCUT2D eigenvalue weighted by molar-refractivity contribution is -0.277. The van der Waals surface area contributed by atoms with Crippen molar-refractivity contribution in [1.82, 2.24) is 20.1 Å². The second-order valence-electron chi connectivity index (χ2n) is 5.92. The Hall–Kier alpha value is -2.76. The number of thiazole rings is 1. The summed E-state index contributed by atoms with van der Waals surface area (Å²) in [5.74, 6) is -0.283. The molecular weight excluding hydrogens is 392 g/mol. The molecule has 27 heavy (non-hydrogen) atoms. The highest BCUT2D eigenvalue weighted by Crippen LogP contribution is 2.48. The molecule has 0 radical (unpaired) electrons. The topological polar surface area (TPSA) is 97.0 Å². The quantitative estimate of drug-likeness (QED) is 0.620. The molecule has 1 aliphatic carbocycles. The average Bonchev–Trinajstić information content (AvgIpc) is 3.23. The Kier molecular flexibility index (Phi) is 4.02. The summed E-state index contributed by atoms with van der Waals surface area (Å²) in [6.07, 6.45) is -2.87. The van der Waals surface area contributed by atoms with Crippen molar-refractivity contribution in [3.8, 4) is 23.2 Å². The van der Waals surface area contributed by atoms with Crippen molar-refractivity contribution in [2.45, 2.75) is 30.8 Å². The summed E-state index contributed by atoms with van der Waals surface area (Å²) >= 11 is 0.638. The molecule has 0 N–H and O–H groups in total. The van der Waals surface area contributed by atoms with Crippen molar-refractivity contribution >= 4 is 11.3 Å². The lowest BCUT2D eigenvalue weighted by Crippen LogP contribution is -2.44. The summed E-state index contributed by atoms with van der Waals surface area (Å²) in [4.78, 5) is 11.4. The molecule has 0 unspecified atom stereocenters. The van der Waals surface area contributed by atoms with Gasteiger partial charge in [-0.3, -0.25) is 0 Å². The van der Waals surface area contributed by atoms with Gasteiger partial charge in [0.15, 0.2) is 17.1 Å². The van der Waals surface area contributed by atoms with E-state index in [0.29, 0.717) is 11.3 Å². The Labute approximate surface area is 152 Å². The van der Waals surface area contributed by atoms with E-state index in [2.05, 4.69) is 20.1 Å². The van der Waals surface area contributed by atoms with Crippen LogP contribution >= 0.6 is 11.3 Å². The monoisotopic (exact) mass is 401 g/mol. The summed E-state index contributed by atoms with van der Waals surface area (Å²) < 4.78 is 62.7. The summed E-state index contributed by atoms with van der Waals surface area (Å²) in [5, 5.41) is 14.8. The third-order valence-electron chi connectivity index (χ3n) is 3.94. The predicted molar refractivity (Wildman–Crippen MR) is 80.5 cm³/mol. The van der Waals surface area contributed by atoms with E-state index < -0.39 is 29.5 Å². The van der Waals surface area contributed by atoms with Gasteiger partial charge in [-0.1, -0.05) is 5.16 Å². The molecule has 3 heterocycles. The average molecular weight is 401 g/mol. The van der Waals surface area contributed by atoms with Crippen molar-refractivity contribution in [3.05, 3.63) is 34.5 Å². The van der Waals surface area contributed by atoms with Crippen LogP contribution in [-0.2, 0) is 11.8 Å². The molecule has 0 saturated heterocycles. The highest BCUT2D eigenvalue weighted by Gasteiger charge is 2.51. The van der Waals surface area contributed by atoms with Gasteiger partial charge in [-0.15, -0.1) is 11.3 Å². The number of hydrogen-bond acceptors (Lipinski definition) is 8. The summed E-state index contributed by atoms with van der Waals surface area (Å²) in [6.45, 7) is 0. The molecule has 1 saturated carbocycles. The lowest BCUT2D eigenvalue weighted by atomic mass is 9.79. The van der Waals surface area contributed by atoms with Crippen molar-refractivity contribution in [2.24, 2.45) is 0 Å². The molecule has 0 bridgehead atoms. The van der Waals surface area contributed by atoms with E-state index in [9.17, 15) is 22.7 Å². The first-order valence-corrected chi connectivity index (χ1v) is 8.46. The van der Waals surface area contributed by atoms with Gasteiger partial charge in [-0.2, -0.15) is 13.2 Å². The van der Waals surface area contributed by atoms with Crippen LogP contribution in [0.5, 0.6) is 11.8 Å². The van der Waals surface area contributed by atoms with Gasteiger partial charge in [-0.25, -0.2) is 19.3 Å². The Bertz CT molecular complexity index is 951. The molecule has 0 atom stereocenters. The van der Waals surface area contributed by atoms with Crippen LogP contribution in [0.2, 0.25) is 0 Å². The molecule has 1 aliphatic rings. The first kappa shape index (κ1) is 17.6. The van der Waals surface area contributed by atoms with Gasteiger partial charge in [0.1, 0.15) is 16.8 Å². The number of hydrogen-bond donors (Lipinski definition) is 0. The van der Waals surface area contributed by atoms with Gasteiger partial charge < -0.3 is 14.4 Å². The Morgan fingerprint density at radius 3 is 2.59 bits per heavy atom. The third kappa shape index (κ3) is 3.44. The minimum atomic E-state index is -4.60. The van der Waals surface area contributed by atoms with Crippen LogP contribution < -0.4 is 9.84 Å². The predicted octanol–water partition coefficient (Wildman–Crippen LogP) is 3.09. The number of ether oxygens (including phenoxy) is 1. The number of alkyl halides is 4. The molecule has 1 fully saturated rings. The van der Waals surface area contributed by atoms with E-state index in [0.717, 1.165) is 11.4 Å². The molecule has 142 valence electrons. The smallest absolute Gasteiger partial charge is 0.434 e. The molecule has 7 nitrogen and oxygen atoms in total. The molecule has 0 amide bonds. The van der Waals surface area contributed by atoms with Crippen LogP contribution in [0.25, 0.3) is 11.5 Å². The maximum atomic E-state index is 14.7. The van der Waals surface area contributed by atoms with E-state index >= 15 is 0 Å².